The summed E-state index contributed by atoms with van der Waals surface area (Å²) < 4.78 is 27.9. The molecule has 0 spiro atoms. The number of fused-ring (bicyclic) bond motifs is 8. The highest BCUT2D eigenvalue weighted by atomic mass is 16.6. The van der Waals surface area contributed by atoms with Crippen LogP contribution in [0.4, 0.5) is 0 Å². The molecule has 3 heterocycles. The molecular weight excluding hydrogens is 967 g/mol. The Hall–Kier alpha value is -5.90. The van der Waals surface area contributed by atoms with E-state index in [9.17, 15) is 20.4 Å². The number of phenols is 2. The van der Waals surface area contributed by atoms with Gasteiger partial charge in [0.2, 0.25) is 0 Å². The largest absolute Gasteiger partial charge is 0.507 e. The normalized spacial score (nSPS) is 22.4. The number of aromatic hydroxyl groups is 2. The molecule has 1 saturated carbocycles. The second-order valence-corrected chi connectivity index (χ2v) is 23.3. The smallest absolute Gasteiger partial charge is 0.160 e. The molecule has 3 aliphatic carbocycles. The van der Waals surface area contributed by atoms with Gasteiger partial charge in [0.05, 0.1) is 26.0 Å². The van der Waals surface area contributed by atoms with Crippen molar-refractivity contribution in [2.45, 2.75) is 133 Å². The molecule has 5 aliphatic rings. The van der Waals surface area contributed by atoms with Crippen molar-refractivity contribution in [1.82, 2.24) is 26.3 Å². The van der Waals surface area contributed by atoms with E-state index in [1.165, 1.54) is 29.5 Å². The molecule has 2 aliphatic heterocycles. The number of nitrogens with one attached hydrogen (secondary N) is 5. The molecular formula is C64H79N5O8. The number of hydrogen-bond donors (Lipinski definition) is 9. The number of rotatable bonds is 22. The van der Waals surface area contributed by atoms with Gasteiger partial charge in [-0.05, 0) is 163 Å². The zero-order valence-corrected chi connectivity index (χ0v) is 45.4. The number of H-pyrrole nitrogens is 1. The lowest BCUT2D eigenvalue weighted by molar-refractivity contribution is -0.131. The first-order valence-corrected chi connectivity index (χ1v) is 28.3. The lowest BCUT2D eigenvalue weighted by Crippen LogP contribution is -2.56. The van der Waals surface area contributed by atoms with Crippen LogP contribution in [0.3, 0.4) is 0 Å². The third-order valence-corrected chi connectivity index (χ3v) is 17.1. The molecule has 0 saturated heterocycles. The lowest BCUT2D eigenvalue weighted by Gasteiger charge is -2.48. The second kappa shape index (κ2) is 22.8. The highest BCUT2D eigenvalue weighted by molar-refractivity contribution is 5.90. The van der Waals surface area contributed by atoms with Gasteiger partial charge in [-0.1, -0.05) is 75.2 Å². The summed E-state index contributed by atoms with van der Waals surface area (Å²) in [5.74, 6) is 2.34. The fourth-order valence-electron chi connectivity index (χ4n) is 13.7. The van der Waals surface area contributed by atoms with Crippen molar-refractivity contribution >= 4 is 17.0 Å². The van der Waals surface area contributed by atoms with E-state index in [4.69, 9.17) is 18.9 Å². The number of benzene rings is 5. The van der Waals surface area contributed by atoms with E-state index in [0.717, 1.165) is 99.1 Å². The summed E-state index contributed by atoms with van der Waals surface area (Å²) in [5, 5.41) is 61.0. The van der Waals surface area contributed by atoms with Crippen molar-refractivity contribution < 1.29 is 39.4 Å². The number of aromatic nitrogens is 1. The standard InChI is InChI=1S/C64H79N5O8/c1-39(2)31-63(3,73)35-66-37-67-36-64(75-38-69-45-14-8-9-15-45)32-52-49-30-51-57(42-16-21-53-41(27-42)24-26-68-53)44(33-65-25-10-13-40-11-6-5-7-12-40)28-50-54(71)23-20-47(58(50)51)59(49)61-48(19-18-46(34-70)76-61)60(52)77-62(64)43-17-22-55(72)56(29-43)74-4/h5-7,11-12,16-17,20-24,26-29,39,45-46,51,57,62,65-73H,8-10,13-15,18-19,25,30-38H2,1-4H3. The maximum Gasteiger partial charge on any atom is 0.160 e. The summed E-state index contributed by atoms with van der Waals surface area (Å²) >= 11 is 0. The molecule has 6 aromatic rings. The van der Waals surface area contributed by atoms with E-state index in [-0.39, 0.29) is 29.9 Å². The first-order chi connectivity index (χ1) is 37.4. The molecule has 0 bridgehead atoms. The molecule has 6 unspecified atom stereocenters. The Labute approximate surface area is 453 Å². The molecule has 13 nitrogen and oxygen atoms in total. The van der Waals surface area contributed by atoms with Crippen molar-refractivity contribution in [3.05, 3.63) is 141 Å². The summed E-state index contributed by atoms with van der Waals surface area (Å²) in [4.78, 5) is 3.41. The van der Waals surface area contributed by atoms with E-state index < -0.39 is 23.4 Å². The van der Waals surface area contributed by atoms with Gasteiger partial charge in [0, 0.05) is 78.7 Å². The van der Waals surface area contributed by atoms with Gasteiger partial charge in [-0.15, -0.1) is 0 Å². The molecule has 77 heavy (non-hydrogen) atoms. The van der Waals surface area contributed by atoms with E-state index in [1.54, 1.807) is 13.2 Å². The van der Waals surface area contributed by atoms with Crippen LogP contribution in [0.5, 0.6) is 28.7 Å². The van der Waals surface area contributed by atoms with Crippen LogP contribution in [0.25, 0.3) is 28.1 Å². The minimum Gasteiger partial charge on any atom is -0.507 e. The summed E-state index contributed by atoms with van der Waals surface area (Å²) in [7, 11) is 1.56. The minimum absolute atomic E-state index is 0.0325. The Balaban J connectivity index is 1.04. The molecule has 11 rings (SSSR count). The number of ether oxygens (including phenoxy) is 4. The number of aliphatic hydroxyl groups is 2. The van der Waals surface area contributed by atoms with Gasteiger partial charge in [-0.3, -0.25) is 5.32 Å². The molecule has 0 radical (unpaired) electrons. The highest BCUT2D eigenvalue weighted by Crippen LogP contribution is 2.61. The Morgan fingerprint density at radius 3 is 2.49 bits per heavy atom. The third-order valence-electron chi connectivity index (χ3n) is 17.1. The highest BCUT2D eigenvalue weighted by Gasteiger charge is 2.51. The predicted octanol–water partition coefficient (Wildman–Crippen LogP) is 9.84. The van der Waals surface area contributed by atoms with E-state index >= 15 is 0 Å². The van der Waals surface area contributed by atoms with Crippen molar-refractivity contribution in [2.24, 2.45) is 5.92 Å². The van der Waals surface area contributed by atoms with Crippen LogP contribution in [-0.4, -0.2) is 102 Å². The van der Waals surface area contributed by atoms with Gasteiger partial charge >= 0.3 is 0 Å². The molecule has 408 valence electrons. The Morgan fingerprint density at radius 1 is 0.870 bits per heavy atom. The third kappa shape index (κ3) is 11.0. The maximum atomic E-state index is 12.0. The quantitative estimate of drug-likeness (QED) is 0.0232. The topological polar surface area (TPSA) is 182 Å². The Bertz CT molecular complexity index is 3070. The molecule has 1 fully saturated rings. The SMILES string of the molecule is COc1cc(C2Oc3c(c4c(c5c3CCC(CO)O5)-c3ccc(O)c5c3C(C4)C(c3ccc4[nH]ccc4c3)C(CNCCCc3ccccc3)=C5)CC2(CNCNCC(C)(O)CC(C)C)OCNC2CCCC2)ccc1O. The molecule has 5 aromatic carbocycles. The average Bonchev–Trinajstić information content (AvgIpc) is 4.29. The van der Waals surface area contributed by atoms with Gasteiger partial charge in [-0.2, -0.15) is 0 Å². The van der Waals surface area contributed by atoms with E-state index in [1.807, 2.05) is 31.3 Å². The maximum absolute atomic E-state index is 12.0. The van der Waals surface area contributed by atoms with Gasteiger partial charge in [0.1, 0.15) is 29.0 Å². The monoisotopic (exact) mass is 1050 g/mol. The van der Waals surface area contributed by atoms with Crippen molar-refractivity contribution in [1.29, 1.82) is 0 Å². The lowest BCUT2D eigenvalue weighted by atomic mass is 9.62. The zero-order valence-electron chi connectivity index (χ0n) is 45.4. The van der Waals surface area contributed by atoms with Crippen LogP contribution in [0, 0.1) is 5.92 Å². The fraction of sp³-hybridized carbons (Fsp3) is 0.469. The van der Waals surface area contributed by atoms with Crippen LogP contribution in [-0.2, 0) is 30.4 Å². The first kappa shape index (κ1) is 53.1. The molecule has 6 atom stereocenters. The fourth-order valence-corrected chi connectivity index (χ4v) is 13.7. The van der Waals surface area contributed by atoms with Gasteiger partial charge in [0.15, 0.2) is 17.6 Å². The zero-order chi connectivity index (χ0) is 53.3. The number of aryl methyl sites for hydroxylation is 1. The number of aliphatic hydroxyl groups excluding tert-OH is 1. The van der Waals surface area contributed by atoms with Crippen molar-refractivity contribution in [2.75, 3.05) is 53.3 Å². The van der Waals surface area contributed by atoms with Gasteiger partial charge in [0.25, 0.3) is 0 Å². The van der Waals surface area contributed by atoms with Crippen LogP contribution in [0.1, 0.15) is 128 Å². The molecule has 13 heteroatoms. The van der Waals surface area contributed by atoms with Crippen LogP contribution in [0.15, 0.2) is 96.7 Å². The van der Waals surface area contributed by atoms with Crippen LogP contribution < -0.4 is 35.5 Å². The first-order valence-electron chi connectivity index (χ1n) is 28.3. The van der Waals surface area contributed by atoms with E-state index in [2.05, 4.69) is 107 Å². The van der Waals surface area contributed by atoms with E-state index in [0.29, 0.717) is 82.8 Å². The Kier molecular flexibility index (Phi) is 15.7. The van der Waals surface area contributed by atoms with Crippen LogP contribution in [0.2, 0.25) is 0 Å². The Morgan fingerprint density at radius 2 is 1.69 bits per heavy atom. The predicted molar refractivity (Wildman–Crippen MR) is 303 cm³/mol. The number of aromatic amines is 1. The summed E-state index contributed by atoms with van der Waals surface area (Å²) in [6.07, 6.45) is 12.7. The summed E-state index contributed by atoms with van der Waals surface area (Å²) in [6, 6.07) is 29.3. The summed E-state index contributed by atoms with van der Waals surface area (Å²) in [6.45, 7) is 9.01. The minimum atomic E-state index is -1.02. The van der Waals surface area contributed by atoms with Crippen molar-refractivity contribution in [3.63, 3.8) is 0 Å². The molecule has 0 amide bonds. The second-order valence-electron chi connectivity index (χ2n) is 23.3. The number of hydrogen-bond acceptors (Lipinski definition) is 12. The summed E-state index contributed by atoms with van der Waals surface area (Å²) in [5.41, 5.74) is 10.8. The average molecular weight is 1050 g/mol. The number of phenolic OH excluding ortho intramolecular Hbond substituents is 2. The molecule has 1 aromatic heterocycles. The van der Waals surface area contributed by atoms with Gasteiger partial charge < -0.3 is 60.3 Å². The molecule has 9 N–H and O–H groups in total. The van der Waals surface area contributed by atoms with Crippen LogP contribution >= 0.6 is 0 Å². The number of methoxy groups -OCH3 is 1. The van der Waals surface area contributed by atoms with Gasteiger partial charge in [-0.25, -0.2) is 0 Å². The van der Waals surface area contributed by atoms with Crippen molar-refractivity contribution in [3.8, 4) is 39.9 Å².